The van der Waals surface area contributed by atoms with E-state index in [2.05, 4.69) is 32.7 Å². The first-order valence-corrected chi connectivity index (χ1v) is 15.5. The van der Waals surface area contributed by atoms with Gasteiger partial charge >= 0.3 is 23.9 Å². The normalized spacial score (nSPS) is 18.6. The van der Waals surface area contributed by atoms with E-state index in [9.17, 15) is 26.4 Å². The maximum absolute atomic E-state index is 13.3. The summed E-state index contributed by atoms with van der Waals surface area (Å²) in [6.45, 7) is 9.54. The summed E-state index contributed by atoms with van der Waals surface area (Å²) in [5, 5.41) is 3.88. The van der Waals surface area contributed by atoms with Crippen molar-refractivity contribution in [3.63, 3.8) is 0 Å². The fourth-order valence-electron chi connectivity index (χ4n) is 5.34. The lowest BCUT2D eigenvalue weighted by atomic mass is 9.97. The maximum Gasteiger partial charge on any atom is 0.470 e. The van der Waals surface area contributed by atoms with E-state index in [0.717, 1.165) is 30.5 Å². The molecule has 4 rings (SSSR count). The van der Waals surface area contributed by atoms with E-state index in [4.69, 9.17) is 14.1 Å². The molecule has 13 nitrogen and oxygen atoms in total. The van der Waals surface area contributed by atoms with Crippen LogP contribution in [0.15, 0.2) is 21.6 Å². The molecule has 2 saturated heterocycles. The van der Waals surface area contributed by atoms with Gasteiger partial charge in [0.15, 0.2) is 5.82 Å². The lowest BCUT2D eigenvalue weighted by Crippen LogP contribution is -2.51. The van der Waals surface area contributed by atoms with Crippen LogP contribution in [0.2, 0.25) is 0 Å². The maximum atomic E-state index is 13.3. The summed E-state index contributed by atoms with van der Waals surface area (Å²) in [6.07, 6.45) is -2.36. The summed E-state index contributed by atoms with van der Waals surface area (Å²) in [5.74, 6) is -1.27. The molecule has 0 spiro atoms. The number of sulfonamides is 1. The van der Waals surface area contributed by atoms with Crippen LogP contribution in [0.3, 0.4) is 0 Å². The number of carbonyl (C=O) groups is 2. The average molecular weight is 648 g/mol. The van der Waals surface area contributed by atoms with E-state index in [1.54, 1.807) is 38.0 Å². The highest BCUT2D eigenvalue weighted by Crippen LogP contribution is 2.28. The molecule has 2 aliphatic heterocycles. The zero-order valence-corrected chi connectivity index (χ0v) is 26.4. The van der Waals surface area contributed by atoms with Crippen LogP contribution < -0.4 is 10.5 Å². The van der Waals surface area contributed by atoms with Crippen LogP contribution in [0.4, 0.5) is 13.2 Å². The molecular formula is C27H40F3N7O6S. The van der Waals surface area contributed by atoms with Crippen molar-refractivity contribution in [3.05, 3.63) is 35.0 Å². The van der Waals surface area contributed by atoms with Gasteiger partial charge in [0.2, 0.25) is 10.0 Å². The average Bonchev–Trinajstić information content (AvgIpc) is 3.40. The molecule has 0 saturated carbocycles. The number of nitrogens with two attached hydrogens (primary N) is 1. The number of carbonyl (C=O) groups excluding carboxylic acids is 2. The first-order valence-electron chi connectivity index (χ1n) is 14.0. The Hall–Kier alpha value is -3.28. The number of piperazine rings is 1. The standard InChI is InChI=1S/C25H38N6O5S.C2H2F3NO/c1-18-13-21(35-5)14-19(2)23(18)37(33,34)29(4)17-22-26-24(36-27-22)25(32)31-11-9-30(10-12-31)16-20-7-6-8-28(3)15-20;3-2(4,5)1(6)7/h13-14,20H,6-12,15-17H2,1-5H3;(H2,6,7). The fraction of sp³-hybridized carbons (Fsp3) is 0.630. The Morgan fingerprint density at radius 2 is 1.73 bits per heavy atom. The minimum atomic E-state index is -4.86. The molecule has 1 aromatic carbocycles. The number of primary amides is 1. The molecule has 0 radical (unpaired) electrons. The number of piperidine rings is 1. The Bertz CT molecular complexity index is 1390. The quantitative estimate of drug-likeness (QED) is 0.447. The van der Waals surface area contributed by atoms with E-state index in [0.29, 0.717) is 35.9 Å². The number of hydrogen-bond acceptors (Lipinski definition) is 10. The monoisotopic (exact) mass is 647 g/mol. The van der Waals surface area contributed by atoms with Crippen LogP contribution in [0, 0.1) is 19.8 Å². The number of benzene rings is 1. The number of aryl methyl sites for hydroxylation is 2. The minimum Gasteiger partial charge on any atom is -0.497 e. The van der Waals surface area contributed by atoms with Crippen molar-refractivity contribution in [1.29, 1.82) is 0 Å². The summed E-state index contributed by atoms with van der Waals surface area (Å²) in [6, 6.07) is 3.37. The van der Waals surface area contributed by atoms with Gasteiger partial charge in [-0.1, -0.05) is 5.16 Å². The molecule has 17 heteroatoms. The van der Waals surface area contributed by atoms with Crippen LogP contribution in [0.25, 0.3) is 0 Å². The van der Waals surface area contributed by atoms with Crippen LogP contribution in [-0.4, -0.2) is 123 Å². The first-order chi connectivity index (χ1) is 20.5. The number of rotatable bonds is 8. The van der Waals surface area contributed by atoms with Crippen molar-refractivity contribution in [2.24, 2.45) is 11.7 Å². The van der Waals surface area contributed by atoms with Crippen molar-refractivity contribution in [2.75, 3.05) is 67.0 Å². The number of aromatic nitrogens is 2. The molecule has 0 bridgehead atoms. The van der Waals surface area contributed by atoms with Gasteiger partial charge in [0.05, 0.1) is 18.6 Å². The largest absolute Gasteiger partial charge is 0.497 e. The van der Waals surface area contributed by atoms with Gasteiger partial charge in [0, 0.05) is 46.3 Å². The fourth-order valence-corrected chi connectivity index (χ4v) is 6.87. The molecule has 44 heavy (non-hydrogen) atoms. The lowest BCUT2D eigenvalue weighted by Gasteiger charge is -2.38. The summed E-state index contributed by atoms with van der Waals surface area (Å²) >= 11 is 0. The van der Waals surface area contributed by atoms with E-state index >= 15 is 0 Å². The Morgan fingerprint density at radius 1 is 1.14 bits per heavy atom. The van der Waals surface area contributed by atoms with Gasteiger partial charge in [0.25, 0.3) is 0 Å². The molecule has 1 atom stereocenters. The lowest BCUT2D eigenvalue weighted by molar-refractivity contribution is -0.169. The highest BCUT2D eigenvalue weighted by Gasteiger charge is 2.35. The smallest absolute Gasteiger partial charge is 0.470 e. The summed E-state index contributed by atoms with van der Waals surface area (Å²) < 4.78 is 70.3. The Kier molecular flexibility index (Phi) is 11.7. The number of methoxy groups -OCH3 is 1. The second kappa shape index (κ2) is 14.7. The summed E-state index contributed by atoms with van der Waals surface area (Å²) in [4.78, 5) is 33.1. The van der Waals surface area contributed by atoms with Gasteiger partial charge in [-0.3, -0.25) is 14.5 Å². The summed E-state index contributed by atoms with van der Waals surface area (Å²) in [5.41, 5.74) is 4.98. The molecule has 2 fully saturated rings. The van der Waals surface area contributed by atoms with Crippen molar-refractivity contribution in [3.8, 4) is 5.75 Å². The minimum absolute atomic E-state index is 0.111. The molecule has 2 aromatic rings. The molecular weight excluding hydrogens is 607 g/mol. The molecule has 2 aliphatic rings. The molecule has 1 unspecified atom stereocenters. The molecule has 1 aromatic heterocycles. The van der Waals surface area contributed by atoms with E-state index in [-0.39, 0.29) is 29.1 Å². The number of amides is 2. The Balaban J connectivity index is 0.000000676. The van der Waals surface area contributed by atoms with Crippen molar-refractivity contribution in [1.82, 2.24) is 29.1 Å². The molecule has 246 valence electrons. The molecule has 2 amide bonds. The van der Waals surface area contributed by atoms with Gasteiger partial charge in [0.1, 0.15) is 5.75 Å². The Morgan fingerprint density at radius 3 is 2.25 bits per heavy atom. The van der Waals surface area contributed by atoms with Gasteiger partial charge in [-0.2, -0.15) is 22.5 Å². The van der Waals surface area contributed by atoms with E-state index < -0.39 is 22.1 Å². The van der Waals surface area contributed by atoms with E-state index in [1.165, 1.54) is 26.4 Å². The van der Waals surface area contributed by atoms with Gasteiger partial charge in [-0.15, -0.1) is 0 Å². The SMILES string of the molecule is COc1cc(C)c(S(=O)(=O)N(C)Cc2noc(C(=O)N3CCN(CC4CCCN(C)C4)CC3)n2)c(C)c1.NC(=O)C(F)(F)F. The predicted molar refractivity (Wildman–Crippen MR) is 153 cm³/mol. The van der Waals surface area contributed by atoms with Crippen molar-refractivity contribution >= 4 is 21.8 Å². The third-order valence-electron chi connectivity index (χ3n) is 7.53. The van der Waals surface area contributed by atoms with Gasteiger partial charge in [-0.25, -0.2) is 8.42 Å². The summed E-state index contributed by atoms with van der Waals surface area (Å²) in [7, 11) is 1.35. The van der Waals surface area contributed by atoms with Crippen molar-refractivity contribution < 1.29 is 40.4 Å². The van der Waals surface area contributed by atoms with Gasteiger partial charge < -0.3 is 24.8 Å². The topological polar surface area (TPSA) is 155 Å². The van der Waals surface area contributed by atoms with Crippen LogP contribution >= 0.6 is 0 Å². The zero-order chi connectivity index (χ0) is 32.8. The van der Waals surface area contributed by atoms with Gasteiger partial charge in [-0.05, 0) is 69.5 Å². The molecule has 0 aliphatic carbocycles. The molecule has 3 heterocycles. The van der Waals surface area contributed by atoms with Crippen LogP contribution in [0.1, 0.15) is 40.5 Å². The first kappa shape index (κ1) is 35.2. The number of halogens is 3. The van der Waals surface area contributed by atoms with Crippen LogP contribution in [-0.2, 0) is 21.4 Å². The molecule has 2 N–H and O–H groups in total. The highest BCUT2D eigenvalue weighted by atomic mass is 32.2. The van der Waals surface area contributed by atoms with E-state index in [1.807, 2.05) is 0 Å². The van der Waals surface area contributed by atoms with Crippen LogP contribution in [0.5, 0.6) is 5.75 Å². The number of ether oxygens (including phenoxy) is 1. The third kappa shape index (κ3) is 9.12. The number of alkyl halides is 3. The number of likely N-dealkylation sites (tertiary alicyclic amines) is 1. The number of hydrogen-bond donors (Lipinski definition) is 1. The predicted octanol–water partition coefficient (Wildman–Crippen LogP) is 1.65. The van der Waals surface area contributed by atoms with Crippen molar-refractivity contribution in [2.45, 2.75) is 44.3 Å². The Labute approximate surface area is 255 Å². The second-order valence-electron chi connectivity index (χ2n) is 11.1. The zero-order valence-electron chi connectivity index (χ0n) is 25.6. The highest BCUT2D eigenvalue weighted by molar-refractivity contribution is 7.89. The third-order valence-corrected chi connectivity index (χ3v) is 9.64. The second-order valence-corrected chi connectivity index (χ2v) is 13.1. The number of nitrogens with zero attached hydrogens (tertiary/aromatic N) is 6.